The van der Waals surface area contributed by atoms with Crippen LogP contribution in [-0.2, 0) is 19.6 Å². The maximum absolute atomic E-state index is 12.9. The van der Waals surface area contributed by atoms with E-state index in [9.17, 15) is 22.8 Å². The molecule has 10 heteroatoms. The number of anilines is 1. The van der Waals surface area contributed by atoms with E-state index in [4.69, 9.17) is 0 Å². The molecule has 30 heavy (non-hydrogen) atoms. The lowest BCUT2D eigenvalue weighted by atomic mass is 10.1. The van der Waals surface area contributed by atoms with E-state index in [0.29, 0.717) is 18.8 Å². The molecule has 2 aliphatic rings. The van der Waals surface area contributed by atoms with Crippen molar-refractivity contribution in [2.45, 2.75) is 50.5 Å². The summed E-state index contributed by atoms with van der Waals surface area (Å²) in [4.78, 5) is 37.7. The zero-order valence-electron chi connectivity index (χ0n) is 17.3. The standard InChI is InChI=1S/C20H28N4O5S/c1-14(2)18-19(26)24(20(27)22-18)13-17(25)21-15-8-7-9-16(12-15)30(28,29)23-10-5-3-4-6-11-23/h7-9,12,14,18H,3-6,10-11,13H2,1-2H3,(H,21,25)(H,22,27). The van der Waals surface area contributed by atoms with E-state index in [1.165, 1.54) is 16.4 Å². The third-order valence-electron chi connectivity index (χ3n) is 5.35. The number of sulfonamides is 1. The highest BCUT2D eigenvalue weighted by molar-refractivity contribution is 7.89. The van der Waals surface area contributed by atoms with Crippen molar-refractivity contribution in [2.75, 3.05) is 25.0 Å². The minimum Gasteiger partial charge on any atom is -0.326 e. The summed E-state index contributed by atoms with van der Waals surface area (Å²) in [6, 6.07) is 4.78. The highest BCUT2D eigenvalue weighted by atomic mass is 32.2. The number of carbonyl (C=O) groups excluding carboxylic acids is 3. The Morgan fingerprint density at radius 3 is 2.43 bits per heavy atom. The van der Waals surface area contributed by atoms with Gasteiger partial charge in [0.05, 0.1) is 4.90 Å². The van der Waals surface area contributed by atoms with Crippen molar-refractivity contribution in [3.63, 3.8) is 0 Å². The van der Waals surface area contributed by atoms with Crippen molar-refractivity contribution in [2.24, 2.45) is 5.92 Å². The Hall–Kier alpha value is -2.46. The Labute approximate surface area is 176 Å². The fourth-order valence-electron chi connectivity index (χ4n) is 3.65. The van der Waals surface area contributed by atoms with Crippen LogP contribution in [0, 0.1) is 5.92 Å². The van der Waals surface area contributed by atoms with Crippen molar-refractivity contribution >= 4 is 33.6 Å². The van der Waals surface area contributed by atoms with E-state index >= 15 is 0 Å². The van der Waals surface area contributed by atoms with E-state index < -0.39 is 40.5 Å². The molecule has 0 aliphatic carbocycles. The Morgan fingerprint density at radius 2 is 1.83 bits per heavy atom. The molecule has 0 radical (unpaired) electrons. The van der Waals surface area contributed by atoms with Crippen molar-refractivity contribution in [1.29, 1.82) is 0 Å². The van der Waals surface area contributed by atoms with Gasteiger partial charge in [0, 0.05) is 18.8 Å². The molecule has 9 nitrogen and oxygen atoms in total. The predicted molar refractivity (Wildman–Crippen MR) is 111 cm³/mol. The van der Waals surface area contributed by atoms with E-state index in [1.807, 2.05) is 13.8 Å². The van der Waals surface area contributed by atoms with Crippen molar-refractivity contribution < 1.29 is 22.8 Å². The van der Waals surface area contributed by atoms with Gasteiger partial charge in [-0.05, 0) is 37.0 Å². The first kappa shape index (κ1) is 22.2. The van der Waals surface area contributed by atoms with Gasteiger partial charge in [-0.2, -0.15) is 4.31 Å². The molecule has 2 fully saturated rings. The molecule has 1 aromatic rings. The molecule has 0 aromatic heterocycles. The van der Waals surface area contributed by atoms with Crippen LogP contribution in [0.4, 0.5) is 10.5 Å². The SMILES string of the molecule is CC(C)C1NC(=O)N(CC(=O)Nc2cccc(S(=O)(=O)N3CCCCCC3)c2)C1=O. The molecule has 1 unspecified atom stereocenters. The number of benzene rings is 1. The summed E-state index contributed by atoms with van der Waals surface area (Å²) >= 11 is 0. The van der Waals surface area contributed by atoms with Gasteiger partial charge < -0.3 is 10.6 Å². The molecule has 0 saturated carbocycles. The first-order valence-corrected chi connectivity index (χ1v) is 11.7. The second-order valence-corrected chi connectivity index (χ2v) is 9.93. The number of imide groups is 1. The average molecular weight is 437 g/mol. The van der Waals surface area contributed by atoms with Gasteiger partial charge in [-0.3, -0.25) is 14.5 Å². The molecule has 2 heterocycles. The van der Waals surface area contributed by atoms with Crippen LogP contribution in [0.25, 0.3) is 0 Å². The smallest absolute Gasteiger partial charge is 0.325 e. The Bertz CT molecular complexity index is 923. The molecule has 2 N–H and O–H groups in total. The van der Waals surface area contributed by atoms with Gasteiger partial charge in [-0.25, -0.2) is 13.2 Å². The van der Waals surface area contributed by atoms with Gasteiger partial charge in [0.2, 0.25) is 15.9 Å². The highest BCUT2D eigenvalue weighted by Crippen LogP contribution is 2.23. The van der Waals surface area contributed by atoms with Gasteiger partial charge in [0.15, 0.2) is 0 Å². The minimum atomic E-state index is -3.65. The summed E-state index contributed by atoms with van der Waals surface area (Å²) < 4.78 is 27.4. The lowest BCUT2D eigenvalue weighted by Crippen LogP contribution is -2.39. The van der Waals surface area contributed by atoms with Crippen LogP contribution in [0.15, 0.2) is 29.2 Å². The molecular weight excluding hydrogens is 408 g/mol. The molecule has 1 aromatic carbocycles. The van der Waals surface area contributed by atoms with Gasteiger partial charge in [0.1, 0.15) is 12.6 Å². The molecule has 3 rings (SSSR count). The van der Waals surface area contributed by atoms with Crippen LogP contribution in [0.3, 0.4) is 0 Å². The summed E-state index contributed by atoms with van der Waals surface area (Å²) in [7, 11) is -3.65. The lowest BCUT2D eigenvalue weighted by Gasteiger charge is -2.20. The zero-order chi connectivity index (χ0) is 21.9. The number of hydrogen-bond donors (Lipinski definition) is 2. The number of rotatable bonds is 6. The van der Waals surface area contributed by atoms with Crippen LogP contribution in [-0.4, -0.2) is 61.1 Å². The topological polar surface area (TPSA) is 116 Å². The minimum absolute atomic E-state index is 0.0876. The second kappa shape index (κ2) is 9.13. The van der Waals surface area contributed by atoms with Crippen LogP contribution in [0.5, 0.6) is 0 Å². The van der Waals surface area contributed by atoms with Crippen LogP contribution < -0.4 is 10.6 Å². The summed E-state index contributed by atoms with van der Waals surface area (Å²) in [5.74, 6) is -1.11. The molecule has 2 saturated heterocycles. The monoisotopic (exact) mass is 436 g/mol. The molecule has 1 atom stereocenters. The molecular formula is C20H28N4O5S. The van der Waals surface area contributed by atoms with Crippen LogP contribution in [0.2, 0.25) is 0 Å². The number of nitrogens with zero attached hydrogens (tertiary/aromatic N) is 2. The summed E-state index contributed by atoms with van der Waals surface area (Å²) in [6.07, 6.45) is 3.70. The molecule has 2 aliphatic heterocycles. The van der Waals surface area contributed by atoms with Crippen LogP contribution in [0.1, 0.15) is 39.5 Å². The first-order chi connectivity index (χ1) is 14.2. The van der Waals surface area contributed by atoms with Gasteiger partial charge in [-0.15, -0.1) is 0 Å². The fourth-order valence-corrected chi connectivity index (χ4v) is 5.22. The molecule has 0 bridgehead atoms. The van der Waals surface area contributed by atoms with Crippen molar-refractivity contribution in [1.82, 2.24) is 14.5 Å². The number of hydrogen-bond acceptors (Lipinski definition) is 5. The maximum Gasteiger partial charge on any atom is 0.325 e. The van der Waals surface area contributed by atoms with Gasteiger partial charge in [0.25, 0.3) is 5.91 Å². The summed E-state index contributed by atoms with van der Waals surface area (Å²) in [6.45, 7) is 4.16. The van der Waals surface area contributed by atoms with E-state index in [-0.39, 0.29) is 10.8 Å². The average Bonchev–Trinajstić information content (AvgIpc) is 2.89. The second-order valence-electron chi connectivity index (χ2n) is 7.99. The predicted octanol–water partition coefficient (Wildman–Crippen LogP) is 1.77. The lowest BCUT2D eigenvalue weighted by molar-refractivity contribution is -0.131. The zero-order valence-corrected chi connectivity index (χ0v) is 18.1. The highest BCUT2D eigenvalue weighted by Gasteiger charge is 2.40. The van der Waals surface area contributed by atoms with Gasteiger partial charge in [-0.1, -0.05) is 32.8 Å². The quantitative estimate of drug-likeness (QED) is 0.660. The Balaban J connectivity index is 1.68. The fraction of sp³-hybridized carbons (Fsp3) is 0.550. The van der Waals surface area contributed by atoms with E-state index in [2.05, 4.69) is 10.6 Å². The normalized spacial score (nSPS) is 20.9. The third-order valence-corrected chi connectivity index (χ3v) is 7.24. The van der Waals surface area contributed by atoms with Crippen molar-refractivity contribution in [3.05, 3.63) is 24.3 Å². The Morgan fingerprint density at radius 1 is 1.17 bits per heavy atom. The third kappa shape index (κ3) is 4.81. The Kier molecular flexibility index (Phi) is 6.77. The van der Waals surface area contributed by atoms with Gasteiger partial charge >= 0.3 is 6.03 Å². The summed E-state index contributed by atoms with van der Waals surface area (Å²) in [5, 5.41) is 5.15. The van der Waals surface area contributed by atoms with Crippen molar-refractivity contribution in [3.8, 4) is 0 Å². The largest absolute Gasteiger partial charge is 0.326 e. The number of carbonyl (C=O) groups is 3. The van der Waals surface area contributed by atoms with E-state index in [1.54, 1.807) is 12.1 Å². The van der Waals surface area contributed by atoms with Crippen LogP contribution >= 0.6 is 0 Å². The first-order valence-electron chi connectivity index (χ1n) is 10.2. The molecule has 4 amide bonds. The number of urea groups is 1. The molecule has 0 spiro atoms. The number of amides is 4. The van der Waals surface area contributed by atoms with E-state index in [0.717, 1.165) is 30.6 Å². The molecule has 164 valence electrons. The number of nitrogens with one attached hydrogen (secondary N) is 2. The maximum atomic E-state index is 12.9. The summed E-state index contributed by atoms with van der Waals surface area (Å²) in [5.41, 5.74) is 0.295.